The van der Waals surface area contributed by atoms with Crippen LogP contribution in [0.2, 0.25) is 0 Å². The third kappa shape index (κ3) is 2.23. The Bertz CT molecular complexity index is 538. The van der Waals surface area contributed by atoms with E-state index in [1.165, 1.54) is 12.4 Å². The molecule has 0 unspecified atom stereocenters. The van der Waals surface area contributed by atoms with Gasteiger partial charge in [-0.2, -0.15) is 0 Å². The molecule has 0 saturated heterocycles. The number of benzene rings is 1. The molecule has 0 amide bonds. The quantitative estimate of drug-likeness (QED) is 0.871. The summed E-state index contributed by atoms with van der Waals surface area (Å²) in [5, 5.41) is 8.72. The summed E-state index contributed by atoms with van der Waals surface area (Å²) in [6.07, 6.45) is 2.64. The maximum Gasteiger partial charge on any atom is 0.356 e. The number of carboxylic acid groups (broad SMARTS) is 1. The van der Waals surface area contributed by atoms with Crippen LogP contribution in [0.4, 0.5) is 0 Å². The molecule has 1 aromatic heterocycles. The van der Waals surface area contributed by atoms with Crippen molar-refractivity contribution >= 4 is 5.97 Å². The zero-order valence-corrected chi connectivity index (χ0v) is 9.12. The molecule has 0 fully saturated rings. The second kappa shape index (κ2) is 4.61. The monoisotopic (exact) mass is 230 g/mol. The van der Waals surface area contributed by atoms with Crippen LogP contribution in [0.25, 0.3) is 11.3 Å². The summed E-state index contributed by atoms with van der Waals surface area (Å²) in [5.41, 5.74) is 1.27. The maximum absolute atomic E-state index is 10.6. The number of hydrogen-bond donors (Lipinski definition) is 1. The zero-order valence-electron chi connectivity index (χ0n) is 9.12. The van der Waals surface area contributed by atoms with Crippen LogP contribution in [0.1, 0.15) is 10.5 Å². The second-order valence-corrected chi connectivity index (χ2v) is 3.29. The van der Waals surface area contributed by atoms with Gasteiger partial charge in [0.2, 0.25) is 0 Å². The molecule has 86 valence electrons. The Morgan fingerprint density at radius 3 is 2.59 bits per heavy atom. The van der Waals surface area contributed by atoms with Crippen molar-refractivity contribution in [2.75, 3.05) is 7.11 Å². The fourth-order valence-corrected chi connectivity index (χ4v) is 1.43. The molecule has 0 aliphatic rings. The molecule has 1 N–H and O–H groups in total. The van der Waals surface area contributed by atoms with Gasteiger partial charge in [-0.15, -0.1) is 0 Å². The number of rotatable bonds is 3. The summed E-state index contributed by atoms with van der Waals surface area (Å²) >= 11 is 0. The number of aromatic nitrogens is 2. The number of methoxy groups -OCH3 is 1. The van der Waals surface area contributed by atoms with Crippen molar-refractivity contribution in [1.82, 2.24) is 9.97 Å². The summed E-state index contributed by atoms with van der Waals surface area (Å²) in [6, 6.07) is 7.34. The molecular formula is C12H10N2O3. The van der Waals surface area contributed by atoms with Crippen LogP contribution >= 0.6 is 0 Å². The van der Waals surface area contributed by atoms with E-state index in [2.05, 4.69) is 9.97 Å². The summed E-state index contributed by atoms with van der Waals surface area (Å²) in [6.45, 7) is 0. The summed E-state index contributed by atoms with van der Waals surface area (Å²) < 4.78 is 5.19. The molecule has 2 rings (SSSR count). The third-order valence-electron chi connectivity index (χ3n) is 2.25. The van der Waals surface area contributed by atoms with Gasteiger partial charge in [0.1, 0.15) is 5.75 Å². The van der Waals surface area contributed by atoms with E-state index in [9.17, 15) is 4.79 Å². The highest BCUT2D eigenvalue weighted by atomic mass is 16.5. The van der Waals surface area contributed by atoms with Crippen molar-refractivity contribution in [3.05, 3.63) is 42.4 Å². The number of hydrogen-bond acceptors (Lipinski definition) is 4. The van der Waals surface area contributed by atoms with Crippen LogP contribution in [-0.2, 0) is 0 Å². The van der Waals surface area contributed by atoms with Gasteiger partial charge in [-0.25, -0.2) is 9.78 Å². The normalized spacial score (nSPS) is 9.94. The molecule has 0 bridgehead atoms. The second-order valence-electron chi connectivity index (χ2n) is 3.29. The Hall–Kier alpha value is -2.43. The molecule has 5 heteroatoms. The topological polar surface area (TPSA) is 72.3 Å². The first-order chi connectivity index (χ1) is 8.22. The molecule has 1 heterocycles. The van der Waals surface area contributed by atoms with Gasteiger partial charge in [-0.1, -0.05) is 12.1 Å². The number of ether oxygens (including phenoxy) is 1. The first kappa shape index (κ1) is 11.1. The highest BCUT2D eigenvalue weighted by Gasteiger charge is 2.09. The average Bonchev–Trinajstić information content (AvgIpc) is 2.39. The number of aromatic carboxylic acids is 1. The summed E-state index contributed by atoms with van der Waals surface area (Å²) in [5.74, 6) is -0.422. The van der Waals surface area contributed by atoms with Crippen LogP contribution in [0.15, 0.2) is 36.7 Å². The van der Waals surface area contributed by atoms with E-state index < -0.39 is 5.97 Å². The van der Waals surface area contributed by atoms with Crippen molar-refractivity contribution in [3.8, 4) is 17.0 Å². The van der Waals surface area contributed by atoms with Gasteiger partial charge >= 0.3 is 5.97 Å². The highest BCUT2D eigenvalue weighted by molar-refractivity contribution is 5.85. The zero-order chi connectivity index (χ0) is 12.3. The van der Waals surface area contributed by atoms with Gasteiger partial charge in [0.15, 0.2) is 5.69 Å². The lowest BCUT2D eigenvalue weighted by Crippen LogP contribution is -2.01. The van der Waals surface area contributed by atoms with Gasteiger partial charge < -0.3 is 9.84 Å². The van der Waals surface area contributed by atoms with Crippen LogP contribution in [0, 0.1) is 0 Å². The number of nitrogens with zero attached hydrogens (tertiary/aromatic N) is 2. The Balaban J connectivity index is 2.43. The lowest BCUT2D eigenvalue weighted by Gasteiger charge is -2.06. The minimum Gasteiger partial charge on any atom is -0.496 e. The molecule has 0 saturated carbocycles. The van der Waals surface area contributed by atoms with Crippen LogP contribution < -0.4 is 4.74 Å². The molecule has 0 aliphatic heterocycles. The smallest absolute Gasteiger partial charge is 0.356 e. The van der Waals surface area contributed by atoms with Crippen molar-refractivity contribution in [1.29, 1.82) is 0 Å². The Labute approximate surface area is 97.7 Å². The molecular weight excluding hydrogens is 220 g/mol. The van der Waals surface area contributed by atoms with Crippen molar-refractivity contribution < 1.29 is 14.6 Å². The average molecular weight is 230 g/mol. The first-order valence-corrected chi connectivity index (χ1v) is 4.91. The minimum absolute atomic E-state index is 0.0800. The van der Waals surface area contributed by atoms with Gasteiger partial charge in [-0.05, 0) is 12.1 Å². The fourth-order valence-electron chi connectivity index (χ4n) is 1.43. The highest BCUT2D eigenvalue weighted by Crippen LogP contribution is 2.27. The van der Waals surface area contributed by atoms with Crippen molar-refractivity contribution in [2.24, 2.45) is 0 Å². The van der Waals surface area contributed by atoms with E-state index in [4.69, 9.17) is 9.84 Å². The van der Waals surface area contributed by atoms with E-state index >= 15 is 0 Å². The van der Waals surface area contributed by atoms with Crippen LogP contribution in [0.5, 0.6) is 5.75 Å². The van der Waals surface area contributed by atoms with Gasteiger partial charge in [-0.3, -0.25) is 4.98 Å². The van der Waals surface area contributed by atoms with Crippen molar-refractivity contribution in [3.63, 3.8) is 0 Å². The van der Waals surface area contributed by atoms with Crippen LogP contribution in [0.3, 0.4) is 0 Å². The predicted octanol–water partition coefficient (Wildman–Crippen LogP) is 1.85. The Morgan fingerprint density at radius 1 is 1.24 bits per heavy atom. The third-order valence-corrected chi connectivity index (χ3v) is 2.25. The van der Waals surface area contributed by atoms with Crippen molar-refractivity contribution in [2.45, 2.75) is 0 Å². The largest absolute Gasteiger partial charge is 0.496 e. The molecule has 2 aromatic rings. The van der Waals surface area contributed by atoms with E-state index in [0.29, 0.717) is 11.4 Å². The van der Waals surface area contributed by atoms with Gasteiger partial charge in [0, 0.05) is 5.56 Å². The lowest BCUT2D eigenvalue weighted by atomic mass is 10.1. The Kier molecular flexibility index (Phi) is 3.00. The molecule has 0 spiro atoms. The standard InChI is InChI=1S/C12H10N2O3/c1-17-11-5-3-2-4-8(11)9-6-14-10(7-13-9)12(15)16/h2-7H,1H3,(H,15,16). The number of carboxylic acids is 1. The number of para-hydroxylation sites is 1. The maximum atomic E-state index is 10.6. The molecule has 0 aliphatic carbocycles. The predicted molar refractivity (Wildman–Crippen MR) is 61.0 cm³/mol. The van der Waals surface area contributed by atoms with Gasteiger partial charge in [0.05, 0.1) is 25.2 Å². The van der Waals surface area contributed by atoms with Crippen LogP contribution in [-0.4, -0.2) is 28.2 Å². The summed E-state index contributed by atoms with van der Waals surface area (Å²) in [4.78, 5) is 18.5. The minimum atomic E-state index is -1.09. The Morgan fingerprint density at radius 2 is 2.00 bits per heavy atom. The molecule has 0 radical (unpaired) electrons. The van der Waals surface area contributed by atoms with E-state index in [1.54, 1.807) is 7.11 Å². The SMILES string of the molecule is COc1ccccc1-c1cnc(C(=O)O)cn1. The fraction of sp³-hybridized carbons (Fsp3) is 0.0833. The van der Waals surface area contributed by atoms with Gasteiger partial charge in [0.25, 0.3) is 0 Å². The van der Waals surface area contributed by atoms with E-state index in [0.717, 1.165) is 5.56 Å². The number of carbonyl (C=O) groups is 1. The molecule has 1 aromatic carbocycles. The van der Waals surface area contributed by atoms with E-state index in [-0.39, 0.29) is 5.69 Å². The molecule has 0 atom stereocenters. The first-order valence-electron chi connectivity index (χ1n) is 4.91. The van der Waals surface area contributed by atoms with E-state index in [1.807, 2.05) is 24.3 Å². The molecule has 5 nitrogen and oxygen atoms in total. The lowest BCUT2D eigenvalue weighted by molar-refractivity contribution is 0.0690. The molecule has 17 heavy (non-hydrogen) atoms. The summed E-state index contributed by atoms with van der Waals surface area (Å²) in [7, 11) is 1.57.